The fraction of sp³-hybridized carbons (Fsp3) is 0.294. The molecule has 0 amide bonds. The van der Waals surface area contributed by atoms with Crippen molar-refractivity contribution >= 4 is 0 Å². The topological polar surface area (TPSA) is 20.2 Å². The van der Waals surface area contributed by atoms with Crippen LogP contribution in [0.1, 0.15) is 36.5 Å². The van der Waals surface area contributed by atoms with Crippen molar-refractivity contribution in [3.05, 3.63) is 71.3 Å². The van der Waals surface area contributed by atoms with E-state index < -0.39 is 23.2 Å². The van der Waals surface area contributed by atoms with Crippen LogP contribution in [-0.2, 0) is 5.41 Å². The first kappa shape index (κ1) is 13.3. The molecule has 1 saturated carbocycles. The first-order valence-corrected chi connectivity index (χ1v) is 6.83. The van der Waals surface area contributed by atoms with Crippen molar-refractivity contribution in [1.29, 1.82) is 0 Å². The Morgan fingerprint density at radius 3 is 2.00 bits per heavy atom. The zero-order chi connectivity index (χ0) is 14.2. The van der Waals surface area contributed by atoms with Gasteiger partial charge in [-0.3, -0.25) is 0 Å². The fourth-order valence-electron chi connectivity index (χ4n) is 3.10. The summed E-state index contributed by atoms with van der Waals surface area (Å²) in [5, 5.41) is 10.6. The number of aliphatic hydroxyl groups excluding tert-OH is 1. The Bertz CT molecular complexity index is 585. The molecule has 0 heterocycles. The molecule has 1 atom stereocenters. The largest absolute Gasteiger partial charge is 0.387 e. The van der Waals surface area contributed by atoms with Crippen LogP contribution in [0, 0.1) is 11.6 Å². The molecule has 0 spiro atoms. The van der Waals surface area contributed by atoms with E-state index in [1.807, 2.05) is 30.3 Å². The van der Waals surface area contributed by atoms with Crippen molar-refractivity contribution in [1.82, 2.24) is 0 Å². The standard InChI is InChI=1S/C17H16F2O/c18-13-8-4-9-14(19)15(13)16(20)17(10-5-11-17)12-6-2-1-3-7-12/h1-4,6-9,16,20H,5,10-11H2. The maximum Gasteiger partial charge on any atom is 0.131 e. The Kier molecular flexibility index (Phi) is 3.30. The molecular weight excluding hydrogens is 258 g/mol. The van der Waals surface area contributed by atoms with Crippen LogP contribution < -0.4 is 0 Å². The summed E-state index contributed by atoms with van der Waals surface area (Å²) in [4.78, 5) is 0. The van der Waals surface area contributed by atoms with Crippen LogP contribution >= 0.6 is 0 Å². The van der Waals surface area contributed by atoms with Crippen LogP contribution in [-0.4, -0.2) is 5.11 Å². The van der Waals surface area contributed by atoms with E-state index in [2.05, 4.69) is 0 Å². The predicted octanol–water partition coefficient (Wildman–Crippen LogP) is 4.12. The van der Waals surface area contributed by atoms with Crippen molar-refractivity contribution in [3.63, 3.8) is 0 Å². The SMILES string of the molecule is OC(c1c(F)cccc1F)C1(c2ccccc2)CCC1. The number of halogens is 2. The molecule has 1 fully saturated rings. The minimum Gasteiger partial charge on any atom is -0.387 e. The van der Waals surface area contributed by atoms with Gasteiger partial charge in [0.15, 0.2) is 0 Å². The molecule has 0 aromatic heterocycles. The molecule has 104 valence electrons. The minimum atomic E-state index is -1.15. The summed E-state index contributed by atoms with van der Waals surface area (Å²) < 4.78 is 27.8. The van der Waals surface area contributed by atoms with Gasteiger partial charge in [-0.25, -0.2) is 8.78 Å². The van der Waals surface area contributed by atoms with Crippen molar-refractivity contribution < 1.29 is 13.9 Å². The normalized spacial score (nSPS) is 18.4. The van der Waals surface area contributed by atoms with Gasteiger partial charge in [-0.2, -0.15) is 0 Å². The van der Waals surface area contributed by atoms with Gasteiger partial charge < -0.3 is 5.11 Å². The van der Waals surface area contributed by atoms with Crippen molar-refractivity contribution in [2.75, 3.05) is 0 Å². The summed E-state index contributed by atoms with van der Waals surface area (Å²) in [6.45, 7) is 0. The third-order valence-corrected chi connectivity index (χ3v) is 4.39. The van der Waals surface area contributed by atoms with Crippen LogP contribution in [0.15, 0.2) is 48.5 Å². The second-order valence-corrected chi connectivity index (χ2v) is 5.41. The van der Waals surface area contributed by atoms with Crippen LogP contribution in [0.25, 0.3) is 0 Å². The molecule has 1 unspecified atom stereocenters. The lowest BCUT2D eigenvalue weighted by molar-refractivity contribution is 0.0217. The van der Waals surface area contributed by atoms with Crippen LogP contribution in [0.2, 0.25) is 0 Å². The molecule has 0 aliphatic heterocycles. The second kappa shape index (κ2) is 4.98. The van der Waals surface area contributed by atoms with E-state index in [1.54, 1.807) is 0 Å². The lowest BCUT2D eigenvalue weighted by Crippen LogP contribution is -2.41. The van der Waals surface area contributed by atoms with Gasteiger partial charge in [0.2, 0.25) is 0 Å². The molecule has 0 bridgehead atoms. The lowest BCUT2D eigenvalue weighted by atomic mass is 9.60. The van der Waals surface area contributed by atoms with E-state index in [0.717, 1.165) is 24.8 Å². The highest BCUT2D eigenvalue weighted by atomic mass is 19.1. The molecule has 2 aromatic carbocycles. The van der Waals surface area contributed by atoms with Crippen molar-refractivity contribution in [2.24, 2.45) is 0 Å². The molecular formula is C17H16F2O. The van der Waals surface area contributed by atoms with Crippen LogP contribution in [0.5, 0.6) is 0 Å². The maximum atomic E-state index is 13.9. The Balaban J connectivity index is 2.06. The number of rotatable bonds is 3. The van der Waals surface area contributed by atoms with Gasteiger partial charge in [0.25, 0.3) is 0 Å². The second-order valence-electron chi connectivity index (χ2n) is 5.41. The molecule has 0 saturated heterocycles. The van der Waals surface area contributed by atoms with E-state index in [9.17, 15) is 13.9 Å². The zero-order valence-electron chi connectivity index (χ0n) is 11.0. The molecule has 1 aliphatic rings. The molecule has 2 aromatic rings. The average molecular weight is 274 g/mol. The summed E-state index contributed by atoms with van der Waals surface area (Å²) >= 11 is 0. The van der Waals surface area contributed by atoms with Crippen molar-refractivity contribution in [2.45, 2.75) is 30.8 Å². The molecule has 3 heteroatoms. The third-order valence-electron chi connectivity index (χ3n) is 4.39. The zero-order valence-corrected chi connectivity index (χ0v) is 11.0. The van der Waals surface area contributed by atoms with Gasteiger partial charge in [0.05, 0.1) is 11.7 Å². The molecule has 0 radical (unpaired) electrons. The molecule has 3 rings (SSSR count). The highest BCUT2D eigenvalue weighted by molar-refractivity contribution is 5.35. The highest BCUT2D eigenvalue weighted by Gasteiger charge is 2.47. The number of hydrogen-bond acceptors (Lipinski definition) is 1. The van der Waals surface area contributed by atoms with E-state index in [4.69, 9.17) is 0 Å². The summed E-state index contributed by atoms with van der Waals surface area (Å²) in [5.41, 5.74) is 0.169. The van der Waals surface area contributed by atoms with Crippen LogP contribution in [0.4, 0.5) is 8.78 Å². The Hall–Kier alpha value is -1.74. The lowest BCUT2D eigenvalue weighted by Gasteiger charge is -2.46. The number of aliphatic hydroxyl groups is 1. The number of hydrogen-bond donors (Lipinski definition) is 1. The quantitative estimate of drug-likeness (QED) is 0.892. The van der Waals surface area contributed by atoms with Gasteiger partial charge in [-0.1, -0.05) is 42.8 Å². The first-order chi connectivity index (χ1) is 9.65. The summed E-state index contributed by atoms with van der Waals surface area (Å²) in [6, 6.07) is 13.2. The Morgan fingerprint density at radius 1 is 0.900 bits per heavy atom. The van der Waals surface area contributed by atoms with Gasteiger partial charge in [-0.15, -0.1) is 0 Å². The molecule has 1 nitrogen and oxygen atoms in total. The third kappa shape index (κ3) is 1.93. The molecule has 1 aliphatic carbocycles. The van der Waals surface area contributed by atoms with Gasteiger partial charge >= 0.3 is 0 Å². The van der Waals surface area contributed by atoms with E-state index >= 15 is 0 Å². The summed E-state index contributed by atoms with van der Waals surface area (Å²) in [5.74, 6) is -1.36. The van der Waals surface area contributed by atoms with Crippen LogP contribution in [0.3, 0.4) is 0 Å². The smallest absolute Gasteiger partial charge is 0.131 e. The van der Waals surface area contributed by atoms with E-state index in [0.29, 0.717) is 0 Å². The Morgan fingerprint density at radius 2 is 1.50 bits per heavy atom. The number of benzene rings is 2. The van der Waals surface area contributed by atoms with Crippen molar-refractivity contribution in [3.8, 4) is 0 Å². The van der Waals surface area contributed by atoms with E-state index in [-0.39, 0.29) is 5.56 Å². The molecule has 20 heavy (non-hydrogen) atoms. The Labute approximate surface area is 116 Å². The minimum absolute atomic E-state index is 0.212. The summed E-state index contributed by atoms with van der Waals surface area (Å²) in [7, 11) is 0. The summed E-state index contributed by atoms with van der Waals surface area (Å²) in [6.07, 6.45) is 1.29. The average Bonchev–Trinajstić information content (AvgIpc) is 2.38. The maximum absolute atomic E-state index is 13.9. The van der Waals surface area contributed by atoms with E-state index in [1.165, 1.54) is 18.2 Å². The van der Waals surface area contributed by atoms with Gasteiger partial charge in [-0.05, 0) is 30.5 Å². The predicted molar refractivity (Wildman–Crippen MR) is 73.3 cm³/mol. The van der Waals surface area contributed by atoms with Gasteiger partial charge in [0.1, 0.15) is 11.6 Å². The highest BCUT2D eigenvalue weighted by Crippen LogP contribution is 2.52. The molecule has 1 N–H and O–H groups in total. The monoisotopic (exact) mass is 274 g/mol. The van der Waals surface area contributed by atoms with Gasteiger partial charge in [0, 0.05) is 5.41 Å². The fourth-order valence-corrected chi connectivity index (χ4v) is 3.10. The first-order valence-electron chi connectivity index (χ1n) is 6.83.